The number of carbonyl (C=O) groups excluding carboxylic acids is 3. The monoisotopic (exact) mass is 622 g/mol. The van der Waals surface area contributed by atoms with Crippen LogP contribution in [0.25, 0.3) is 0 Å². The topological polar surface area (TPSA) is 111 Å². The molecule has 2 aliphatic heterocycles. The molecule has 0 saturated carbocycles. The summed E-state index contributed by atoms with van der Waals surface area (Å²) in [5.41, 5.74) is 9.32. The van der Waals surface area contributed by atoms with Crippen molar-refractivity contribution in [1.29, 1.82) is 0 Å². The third-order valence-electron chi connectivity index (χ3n) is 8.03. The number of nitrogens with two attached hydrogens (primary N) is 1. The summed E-state index contributed by atoms with van der Waals surface area (Å²) in [6.45, 7) is 9.82. The van der Waals surface area contributed by atoms with E-state index >= 15 is 0 Å². The number of amides is 3. The van der Waals surface area contributed by atoms with E-state index in [2.05, 4.69) is 29.6 Å². The van der Waals surface area contributed by atoms with Crippen molar-refractivity contribution in [2.75, 3.05) is 78.5 Å². The maximum absolute atomic E-state index is 12.1. The molecule has 0 atom stereocenters. The third-order valence-corrected chi connectivity index (χ3v) is 8.03. The van der Waals surface area contributed by atoms with Crippen LogP contribution in [0.3, 0.4) is 0 Å². The first-order valence-corrected chi connectivity index (χ1v) is 16.0. The molecule has 2 aromatic rings. The summed E-state index contributed by atoms with van der Waals surface area (Å²) in [5.74, 6) is 1.45. The van der Waals surface area contributed by atoms with Crippen molar-refractivity contribution in [3.63, 3.8) is 0 Å². The van der Waals surface area contributed by atoms with Gasteiger partial charge in [0.15, 0.2) is 0 Å². The molecular weight excluding hydrogens is 568 g/mol. The predicted octanol–water partition coefficient (Wildman–Crippen LogP) is 4.84. The van der Waals surface area contributed by atoms with Crippen molar-refractivity contribution in [2.45, 2.75) is 63.9 Å². The van der Waals surface area contributed by atoms with Crippen LogP contribution in [-0.4, -0.2) is 111 Å². The molecule has 2 heterocycles. The van der Waals surface area contributed by atoms with E-state index in [-0.39, 0.29) is 11.8 Å². The van der Waals surface area contributed by atoms with Gasteiger partial charge in [-0.3, -0.25) is 14.9 Å². The smallest absolute Gasteiger partial charge is 0.412 e. The number of anilines is 2. The number of hydrogen-bond donors (Lipinski definition) is 2. The number of likely N-dealkylation sites (N-methyl/N-ethyl adjacent to an activating group) is 2. The van der Waals surface area contributed by atoms with Crippen LogP contribution in [0.1, 0.15) is 69.4 Å². The Morgan fingerprint density at radius 3 is 1.47 bits per heavy atom. The Kier molecular flexibility index (Phi) is 13.2. The second-order valence-corrected chi connectivity index (χ2v) is 13.7. The standard InChI is InChI=1S/C20H31N3O3.C15H23N3O/c1-20(2,3)26-19(25)21-17-8-6-15(7-9-17)16-10-12-23(13-11-16)18(24)14-22(4)5;1-17(2)11-15(19)18-9-7-13(8-10-18)12-3-5-14(16)6-4-12/h6-9,16H,10-14H2,1-5H3,(H,21,25);3-6,13H,7-11,16H2,1-2H3. The van der Waals surface area contributed by atoms with Gasteiger partial charge in [0.25, 0.3) is 0 Å². The molecule has 0 aliphatic carbocycles. The lowest BCUT2D eigenvalue weighted by Gasteiger charge is -2.33. The zero-order valence-electron chi connectivity index (χ0n) is 28.3. The minimum Gasteiger partial charge on any atom is -0.444 e. The van der Waals surface area contributed by atoms with Gasteiger partial charge in [0, 0.05) is 37.6 Å². The summed E-state index contributed by atoms with van der Waals surface area (Å²) in [5, 5.41) is 2.75. The highest BCUT2D eigenvalue weighted by atomic mass is 16.6. The maximum Gasteiger partial charge on any atom is 0.412 e. The molecular formula is C35H54N6O4. The van der Waals surface area contributed by atoms with Crippen LogP contribution >= 0.6 is 0 Å². The molecule has 3 amide bonds. The molecule has 2 fully saturated rings. The molecule has 2 saturated heterocycles. The van der Waals surface area contributed by atoms with Gasteiger partial charge in [-0.2, -0.15) is 0 Å². The minimum absolute atomic E-state index is 0.199. The summed E-state index contributed by atoms with van der Waals surface area (Å²) in [4.78, 5) is 43.7. The fourth-order valence-corrected chi connectivity index (χ4v) is 5.69. The number of likely N-dealkylation sites (tertiary alicyclic amines) is 2. The van der Waals surface area contributed by atoms with Crippen LogP contribution in [0.5, 0.6) is 0 Å². The SMILES string of the molecule is CN(C)CC(=O)N1CCC(c2ccc(N)cc2)CC1.CN(C)CC(=O)N1CCC(c2ccc(NC(=O)OC(C)(C)C)cc2)CC1. The molecule has 45 heavy (non-hydrogen) atoms. The van der Waals surface area contributed by atoms with E-state index in [1.807, 2.05) is 92.8 Å². The van der Waals surface area contributed by atoms with E-state index < -0.39 is 11.7 Å². The van der Waals surface area contributed by atoms with E-state index in [0.29, 0.717) is 24.9 Å². The number of hydrogen-bond acceptors (Lipinski definition) is 7. The second-order valence-electron chi connectivity index (χ2n) is 13.7. The lowest BCUT2D eigenvalue weighted by Crippen LogP contribution is -2.42. The van der Waals surface area contributed by atoms with Crippen molar-refractivity contribution in [3.8, 4) is 0 Å². The number of rotatable bonds is 7. The van der Waals surface area contributed by atoms with Crippen molar-refractivity contribution >= 4 is 29.3 Å². The zero-order chi connectivity index (χ0) is 33.1. The summed E-state index contributed by atoms with van der Waals surface area (Å²) < 4.78 is 5.26. The third kappa shape index (κ3) is 12.4. The number of nitrogen functional groups attached to an aromatic ring is 1. The van der Waals surface area contributed by atoms with E-state index in [0.717, 1.165) is 63.2 Å². The van der Waals surface area contributed by atoms with Gasteiger partial charge in [-0.25, -0.2) is 4.79 Å². The van der Waals surface area contributed by atoms with Gasteiger partial charge in [0.1, 0.15) is 5.60 Å². The molecule has 0 radical (unpaired) electrons. The maximum atomic E-state index is 12.1. The summed E-state index contributed by atoms with van der Waals surface area (Å²) in [6.07, 6.45) is 3.58. The molecule has 0 bridgehead atoms. The predicted molar refractivity (Wildman–Crippen MR) is 181 cm³/mol. The molecule has 10 heteroatoms. The number of benzene rings is 2. The highest BCUT2D eigenvalue weighted by Crippen LogP contribution is 2.30. The lowest BCUT2D eigenvalue weighted by atomic mass is 9.89. The van der Waals surface area contributed by atoms with Crippen LogP contribution in [-0.2, 0) is 14.3 Å². The van der Waals surface area contributed by atoms with E-state index in [9.17, 15) is 14.4 Å². The molecule has 0 spiro atoms. The Balaban J connectivity index is 0.000000257. The van der Waals surface area contributed by atoms with E-state index in [4.69, 9.17) is 10.5 Å². The fraction of sp³-hybridized carbons (Fsp3) is 0.571. The number of piperidine rings is 2. The molecule has 248 valence electrons. The minimum atomic E-state index is -0.512. The first kappa shape index (κ1) is 35.8. The molecule has 4 rings (SSSR count). The zero-order valence-corrected chi connectivity index (χ0v) is 28.3. The average Bonchev–Trinajstić information content (AvgIpc) is 2.97. The molecule has 10 nitrogen and oxygen atoms in total. The number of nitrogens with one attached hydrogen (secondary N) is 1. The van der Waals surface area contributed by atoms with Crippen molar-refractivity contribution in [2.24, 2.45) is 0 Å². The van der Waals surface area contributed by atoms with Gasteiger partial charge in [0.05, 0.1) is 13.1 Å². The quantitative estimate of drug-likeness (QED) is 0.425. The largest absolute Gasteiger partial charge is 0.444 e. The normalized spacial score (nSPS) is 16.3. The average molecular weight is 623 g/mol. The van der Waals surface area contributed by atoms with Crippen LogP contribution in [0, 0.1) is 0 Å². The Morgan fingerprint density at radius 2 is 1.11 bits per heavy atom. The van der Waals surface area contributed by atoms with Crippen LogP contribution in [0.4, 0.5) is 16.2 Å². The fourth-order valence-electron chi connectivity index (χ4n) is 5.69. The Hall–Kier alpha value is -3.63. The van der Waals surface area contributed by atoms with Gasteiger partial charge >= 0.3 is 6.09 Å². The molecule has 2 aliphatic rings. The number of carbonyl (C=O) groups is 3. The van der Waals surface area contributed by atoms with Gasteiger partial charge in [-0.1, -0.05) is 24.3 Å². The summed E-state index contributed by atoms with van der Waals surface area (Å²) in [6, 6.07) is 16.0. The van der Waals surface area contributed by atoms with Crippen LogP contribution in [0.15, 0.2) is 48.5 Å². The molecule has 2 aromatic carbocycles. The highest BCUT2D eigenvalue weighted by Gasteiger charge is 2.25. The highest BCUT2D eigenvalue weighted by molar-refractivity contribution is 5.84. The number of ether oxygens (including phenoxy) is 1. The van der Waals surface area contributed by atoms with Gasteiger partial charge in [-0.05, 0) is 122 Å². The van der Waals surface area contributed by atoms with Crippen molar-refractivity contribution in [1.82, 2.24) is 19.6 Å². The van der Waals surface area contributed by atoms with Crippen molar-refractivity contribution < 1.29 is 19.1 Å². The number of nitrogens with zero attached hydrogens (tertiary/aromatic N) is 4. The van der Waals surface area contributed by atoms with Crippen LogP contribution in [0.2, 0.25) is 0 Å². The lowest BCUT2D eigenvalue weighted by molar-refractivity contribution is -0.133. The Bertz CT molecular complexity index is 1220. The van der Waals surface area contributed by atoms with E-state index in [1.54, 1.807) is 0 Å². The van der Waals surface area contributed by atoms with Crippen molar-refractivity contribution in [3.05, 3.63) is 59.7 Å². The summed E-state index contributed by atoms with van der Waals surface area (Å²) >= 11 is 0. The molecule has 0 aromatic heterocycles. The second kappa shape index (κ2) is 16.6. The first-order chi connectivity index (χ1) is 21.2. The van der Waals surface area contributed by atoms with Crippen LogP contribution < -0.4 is 11.1 Å². The van der Waals surface area contributed by atoms with E-state index in [1.165, 1.54) is 11.1 Å². The Morgan fingerprint density at radius 1 is 0.733 bits per heavy atom. The Labute approximate surface area is 269 Å². The van der Waals surface area contributed by atoms with Gasteiger partial charge < -0.3 is 30.1 Å². The first-order valence-electron chi connectivity index (χ1n) is 16.0. The van der Waals surface area contributed by atoms with Gasteiger partial charge in [-0.15, -0.1) is 0 Å². The van der Waals surface area contributed by atoms with Gasteiger partial charge in [0.2, 0.25) is 11.8 Å². The molecule has 3 N–H and O–H groups in total. The summed E-state index contributed by atoms with van der Waals surface area (Å²) in [7, 11) is 7.69. The molecule has 0 unspecified atom stereocenters.